The van der Waals surface area contributed by atoms with Gasteiger partial charge in [-0.25, -0.2) is 0 Å². The number of pyridine rings is 1. The molecule has 0 bridgehead atoms. The Labute approximate surface area is 153 Å². The molecular weight excluding hydrogens is 384 g/mol. The maximum absolute atomic E-state index is 12.7. The lowest BCUT2D eigenvalue weighted by Gasteiger charge is -2.19. The van der Waals surface area contributed by atoms with E-state index in [-0.39, 0.29) is 17.9 Å². The summed E-state index contributed by atoms with van der Waals surface area (Å²) in [5.74, 6) is 0.594. The van der Waals surface area contributed by atoms with E-state index in [1.54, 1.807) is 42.0 Å². The molecule has 25 heavy (non-hydrogen) atoms. The molecule has 0 saturated carbocycles. The zero-order chi connectivity index (χ0) is 18.0. The molecule has 1 heterocycles. The molecule has 0 fully saturated rings. The van der Waals surface area contributed by atoms with Crippen LogP contribution >= 0.6 is 15.9 Å². The highest BCUT2D eigenvalue weighted by Crippen LogP contribution is 2.21. The van der Waals surface area contributed by atoms with Crippen LogP contribution in [0.25, 0.3) is 10.9 Å². The lowest BCUT2D eigenvalue weighted by molar-refractivity contribution is -0.118. The molecule has 0 saturated heterocycles. The predicted octanol–water partition coefficient (Wildman–Crippen LogP) is 3.44. The van der Waals surface area contributed by atoms with Crippen molar-refractivity contribution in [3.05, 3.63) is 69.4 Å². The molecule has 3 aromatic rings. The van der Waals surface area contributed by atoms with Gasteiger partial charge in [0, 0.05) is 40.9 Å². The van der Waals surface area contributed by atoms with E-state index in [1.165, 1.54) is 6.07 Å². The Hall–Kier alpha value is -2.60. The molecular formula is C19H17BrN2O3. The number of carbonyl (C=O) groups is 1. The largest absolute Gasteiger partial charge is 0.497 e. The van der Waals surface area contributed by atoms with E-state index in [1.807, 2.05) is 30.3 Å². The van der Waals surface area contributed by atoms with Gasteiger partial charge >= 0.3 is 0 Å². The van der Waals surface area contributed by atoms with Gasteiger partial charge in [-0.3, -0.25) is 9.59 Å². The fraction of sp³-hybridized carbons (Fsp3) is 0.158. The highest BCUT2D eigenvalue weighted by Gasteiger charge is 2.13. The first kappa shape index (κ1) is 17.2. The molecule has 6 heteroatoms. The number of nitrogens with zero attached hydrogens (tertiary/aromatic N) is 2. The monoisotopic (exact) mass is 400 g/mol. The molecule has 2 aromatic carbocycles. The Kier molecular flexibility index (Phi) is 4.90. The van der Waals surface area contributed by atoms with Gasteiger partial charge in [-0.05, 0) is 30.3 Å². The van der Waals surface area contributed by atoms with Gasteiger partial charge in [-0.2, -0.15) is 0 Å². The van der Waals surface area contributed by atoms with Gasteiger partial charge in [-0.1, -0.05) is 22.0 Å². The molecule has 0 unspecified atom stereocenters. The number of hydrogen-bond donors (Lipinski definition) is 0. The summed E-state index contributed by atoms with van der Waals surface area (Å²) in [6.45, 7) is 0.131. The van der Waals surface area contributed by atoms with Crippen molar-refractivity contribution in [2.75, 3.05) is 19.1 Å². The number of rotatable bonds is 4. The van der Waals surface area contributed by atoms with Crippen molar-refractivity contribution >= 4 is 38.4 Å². The Balaban J connectivity index is 1.91. The lowest BCUT2D eigenvalue weighted by Crippen LogP contribution is -2.30. The molecule has 128 valence electrons. The van der Waals surface area contributed by atoms with E-state index in [9.17, 15) is 9.59 Å². The summed E-state index contributed by atoms with van der Waals surface area (Å²) in [5, 5.41) is 0.578. The Morgan fingerprint density at radius 3 is 2.76 bits per heavy atom. The smallest absolute Gasteiger partial charge is 0.246 e. The number of hydrogen-bond acceptors (Lipinski definition) is 3. The number of ether oxygens (including phenoxy) is 1. The molecule has 0 radical (unpaired) electrons. The number of likely N-dealkylation sites (N-methyl/N-ethyl adjacent to an activating group) is 1. The number of carbonyl (C=O) groups excluding carboxylic acids is 1. The van der Waals surface area contributed by atoms with Crippen molar-refractivity contribution in [1.29, 1.82) is 0 Å². The zero-order valence-electron chi connectivity index (χ0n) is 13.9. The van der Waals surface area contributed by atoms with E-state index >= 15 is 0 Å². The Bertz CT molecular complexity index is 997. The normalized spacial score (nSPS) is 10.7. The second kappa shape index (κ2) is 7.11. The quantitative estimate of drug-likeness (QED) is 0.673. The summed E-state index contributed by atoms with van der Waals surface area (Å²) in [7, 11) is 3.31. The van der Waals surface area contributed by atoms with Crippen LogP contribution in [0.3, 0.4) is 0 Å². The average molecular weight is 401 g/mol. The van der Waals surface area contributed by atoms with Crippen molar-refractivity contribution < 1.29 is 9.53 Å². The first-order chi connectivity index (χ1) is 12.0. The van der Waals surface area contributed by atoms with Crippen LogP contribution in [0.5, 0.6) is 5.75 Å². The van der Waals surface area contributed by atoms with Gasteiger partial charge < -0.3 is 14.2 Å². The number of anilines is 1. The zero-order valence-corrected chi connectivity index (χ0v) is 15.5. The van der Waals surface area contributed by atoms with Gasteiger partial charge in [-0.15, -0.1) is 0 Å². The summed E-state index contributed by atoms with van der Waals surface area (Å²) in [5.41, 5.74) is 1.40. The molecule has 0 spiro atoms. The van der Waals surface area contributed by atoms with Crippen LogP contribution in [0.4, 0.5) is 5.69 Å². The average Bonchev–Trinajstić information content (AvgIpc) is 2.63. The summed E-state index contributed by atoms with van der Waals surface area (Å²) < 4.78 is 7.81. The van der Waals surface area contributed by atoms with Gasteiger partial charge in [0.05, 0.1) is 12.6 Å². The van der Waals surface area contributed by atoms with E-state index in [2.05, 4.69) is 15.9 Å². The van der Waals surface area contributed by atoms with Crippen LogP contribution in [-0.2, 0) is 11.3 Å². The summed E-state index contributed by atoms with van der Waals surface area (Å²) in [6, 6.07) is 14.3. The first-order valence-corrected chi connectivity index (χ1v) is 8.48. The number of halogens is 1. The molecule has 0 aliphatic rings. The van der Waals surface area contributed by atoms with E-state index < -0.39 is 0 Å². The highest BCUT2D eigenvalue weighted by atomic mass is 79.9. The summed E-state index contributed by atoms with van der Waals surface area (Å²) >= 11 is 3.37. The Morgan fingerprint density at radius 1 is 1.20 bits per heavy atom. The minimum absolute atomic E-state index is 0.0684. The van der Waals surface area contributed by atoms with Crippen molar-refractivity contribution in [2.45, 2.75) is 6.54 Å². The third-order valence-electron chi connectivity index (χ3n) is 4.06. The van der Waals surface area contributed by atoms with Gasteiger partial charge in [0.2, 0.25) is 5.91 Å². The van der Waals surface area contributed by atoms with E-state index in [4.69, 9.17) is 4.74 Å². The SMILES string of the molecule is COc1cccc(N(C)C(=O)Cn2ccc(=O)c3cc(Br)ccc32)c1. The third kappa shape index (κ3) is 3.58. The number of fused-ring (bicyclic) bond motifs is 1. The van der Waals surface area contributed by atoms with Crippen LogP contribution < -0.4 is 15.1 Å². The first-order valence-electron chi connectivity index (χ1n) is 7.69. The number of aromatic nitrogens is 1. The minimum Gasteiger partial charge on any atom is -0.497 e. The van der Waals surface area contributed by atoms with Gasteiger partial charge in [0.15, 0.2) is 5.43 Å². The van der Waals surface area contributed by atoms with Crippen LogP contribution in [0.1, 0.15) is 0 Å². The number of methoxy groups -OCH3 is 1. The predicted molar refractivity (Wildman–Crippen MR) is 102 cm³/mol. The van der Waals surface area contributed by atoms with Gasteiger partial charge in [0.25, 0.3) is 0 Å². The van der Waals surface area contributed by atoms with Gasteiger partial charge in [0.1, 0.15) is 12.3 Å². The van der Waals surface area contributed by atoms with Crippen LogP contribution in [0.2, 0.25) is 0 Å². The summed E-state index contributed by atoms with van der Waals surface area (Å²) in [6.07, 6.45) is 1.65. The topological polar surface area (TPSA) is 51.5 Å². The fourth-order valence-electron chi connectivity index (χ4n) is 2.64. The molecule has 5 nitrogen and oxygen atoms in total. The third-order valence-corrected chi connectivity index (χ3v) is 4.55. The molecule has 1 amide bonds. The molecule has 0 aliphatic carbocycles. The molecule has 0 aliphatic heterocycles. The minimum atomic E-state index is -0.0962. The summed E-state index contributed by atoms with van der Waals surface area (Å²) in [4.78, 5) is 26.3. The maximum atomic E-state index is 12.7. The molecule has 1 aromatic heterocycles. The standard InChI is InChI=1S/C19H17BrN2O3/c1-21(14-4-3-5-15(11-14)25-2)19(24)12-22-9-8-18(23)16-10-13(20)6-7-17(16)22/h3-11H,12H2,1-2H3. The number of amides is 1. The second-order valence-corrected chi connectivity index (χ2v) is 6.54. The van der Waals surface area contributed by atoms with E-state index in [0.29, 0.717) is 11.1 Å². The maximum Gasteiger partial charge on any atom is 0.246 e. The molecule has 3 rings (SSSR count). The second-order valence-electron chi connectivity index (χ2n) is 5.62. The van der Waals surface area contributed by atoms with Crippen LogP contribution in [0, 0.1) is 0 Å². The van der Waals surface area contributed by atoms with Crippen molar-refractivity contribution in [1.82, 2.24) is 4.57 Å². The van der Waals surface area contributed by atoms with Crippen molar-refractivity contribution in [3.63, 3.8) is 0 Å². The highest BCUT2D eigenvalue weighted by molar-refractivity contribution is 9.10. The number of benzene rings is 2. The Morgan fingerprint density at radius 2 is 2.00 bits per heavy atom. The van der Waals surface area contributed by atoms with Crippen molar-refractivity contribution in [3.8, 4) is 5.75 Å². The molecule has 0 atom stereocenters. The van der Waals surface area contributed by atoms with Crippen LogP contribution in [-0.4, -0.2) is 24.6 Å². The fourth-order valence-corrected chi connectivity index (χ4v) is 3.00. The lowest BCUT2D eigenvalue weighted by atomic mass is 10.2. The van der Waals surface area contributed by atoms with E-state index in [0.717, 1.165) is 15.7 Å². The van der Waals surface area contributed by atoms with Crippen LogP contribution in [0.15, 0.2) is 64.0 Å². The molecule has 0 N–H and O–H groups in total. The van der Waals surface area contributed by atoms with Crippen molar-refractivity contribution in [2.24, 2.45) is 0 Å².